The molecule has 1 N–H and O–H groups in total. The molecular weight excluding hydrogens is 577 g/mol. The molecule has 0 aliphatic rings. The number of benzene rings is 3. The normalized spacial score (nSPS) is 12.4. The maximum Gasteiger partial charge on any atom is 0.573 e. The van der Waals surface area contributed by atoms with Crippen LogP contribution in [0.4, 0.5) is 13.2 Å². The molecule has 0 amide bonds. The lowest BCUT2D eigenvalue weighted by molar-refractivity contribution is -0.274. The van der Waals surface area contributed by atoms with Gasteiger partial charge in [-0.3, -0.25) is 18.5 Å². The summed E-state index contributed by atoms with van der Waals surface area (Å²) in [6.07, 6.45) is -5.73. The van der Waals surface area contributed by atoms with Crippen molar-refractivity contribution >= 4 is 22.8 Å². The first-order valence-electron chi connectivity index (χ1n) is 12.7. The molecule has 42 heavy (non-hydrogen) atoms. The number of aliphatic hydroxyl groups excluding tert-OH is 1. The lowest BCUT2D eigenvalue weighted by Crippen LogP contribution is -2.40. The van der Waals surface area contributed by atoms with E-state index in [1.54, 1.807) is 48.5 Å². The van der Waals surface area contributed by atoms with Crippen LogP contribution in [0, 0.1) is 0 Å². The second-order valence-electron chi connectivity index (χ2n) is 9.42. The average Bonchev–Trinajstić information content (AvgIpc) is 3.30. The van der Waals surface area contributed by atoms with Crippen molar-refractivity contribution in [2.75, 3.05) is 0 Å². The van der Waals surface area contributed by atoms with Gasteiger partial charge in [0.2, 0.25) is 0 Å². The molecule has 2 heterocycles. The van der Waals surface area contributed by atoms with Crippen LogP contribution in [-0.4, -0.2) is 30.2 Å². The zero-order valence-electron chi connectivity index (χ0n) is 22.1. The van der Waals surface area contributed by atoms with Crippen molar-refractivity contribution in [3.8, 4) is 17.5 Å². The minimum absolute atomic E-state index is 0.0107. The van der Waals surface area contributed by atoms with E-state index in [2.05, 4.69) is 9.72 Å². The molecule has 0 saturated heterocycles. The Bertz CT molecular complexity index is 1830. The molecule has 0 fully saturated rings. The second kappa shape index (κ2) is 11.7. The molecule has 0 aliphatic heterocycles. The molecule has 0 aliphatic carbocycles. The fourth-order valence-electron chi connectivity index (χ4n) is 4.48. The van der Waals surface area contributed by atoms with Gasteiger partial charge in [-0.05, 0) is 41.8 Å². The third kappa shape index (κ3) is 6.34. The molecule has 0 radical (unpaired) electrons. The summed E-state index contributed by atoms with van der Waals surface area (Å²) < 4.78 is 51.8. The zero-order chi connectivity index (χ0) is 30.0. The quantitative estimate of drug-likeness (QED) is 0.243. The number of hydrogen-bond acceptors (Lipinski definition) is 6. The summed E-state index contributed by atoms with van der Waals surface area (Å²) in [5.74, 6) is -0.548. The van der Waals surface area contributed by atoms with Crippen LogP contribution in [0.5, 0.6) is 17.5 Å². The zero-order valence-corrected chi connectivity index (χ0v) is 22.8. The number of fused-ring (bicyclic) bond motifs is 1. The van der Waals surface area contributed by atoms with Gasteiger partial charge in [0.1, 0.15) is 11.5 Å². The Labute approximate surface area is 241 Å². The molecule has 218 valence electrons. The molecular formula is C29H24ClF3N4O5. The maximum absolute atomic E-state index is 13.8. The van der Waals surface area contributed by atoms with Crippen LogP contribution in [0.3, 0.4) is 0 Å². The Morgan fingerprint density at radius 1 is 0.952 bits per heavy atom. The van der Waals surface area contributed by atoms with Gasteiger partial charge in [-0.25, -0.2) is 4.79 Å². The highest BCUT2D eigenvalue weighted by Gasteiger charge is 2.31. The minimum atomic E-state index is -4.90. The predicted molar refractivity (Wildman–Crippen MR) is 149 cm³/mol. The van der Waals surface area contributed by atoms with Gasteiger partial charge >= 0.3 is 18.1 Å². The van der Waals surface area contributed by atoms with Crippen LogP contribution in [-0.2, 0) is 20.1 Å². The van der Waals surface area contributed by atoms with Crippen molar-refractivity contribution in [2.24, 2.45) is 7.05 Å². The first-order valence-corrected chi connectivity index (χ1v) is 13.1. The average molecular weight is 601 g/mol. The van der Waals surface area contributed by atoms with Crippen molar-refractivity contribution in [1.29, 1.82) is 0 Å². The largest absolute Gasteiger partial charge is 0.573 e. The summed E-state index contributed by atoms with van der Waals surface area (Å²) in [7, 11) is 1.44. The van der Waals surface area contributed by atoms with Gasteiger partial charge in [0.15, 0.2) is 11.2 Å². The van der Waals surface area contributed by atoms with E-state index >= 15 is 0 Å². The smallest absolute Gasteiger partial charge is 0.425 e. The Hall–Kier alpha value is -4.55. The molecule has 1 unspecified atom stereocenters. The summed E-state index contributed by atoms with van der Waals surface area (Å²) in [6, 6.07) is 20.3. The fraction of sp³-hybridized carbons (Fsp3) is 0.207. The molecule has 0 saturated carbocycles. The molecule has 9 nitrogen and oxygen atoms in total. The number of aromatic nitrogens is 4. The molecule has 5 rings (SSSR count). The number of alkyl halides is 3. The third-order valence-electron chi connectivity index (χ3n) is 6.51. The monoisotopic (exact) mass is 600 g/mol. The van der Waals surface area contributed by atoms with Crippen LogP contribution in [0.2, 0.25) is 5.02 Å². The van der Waals surface area contributed by atoms with Crippen molar-refractivity contribution in [2.45, 2.75) is 32.0 Å². The van der Waals surface area contributed by atoms with Crippen LogP contribution in [0.25, 0.3) is 11.2 Å². The molecule has 3 aromatic carbocycles. The standard InChI is InChI=1S/C29H24ClF3N4O5/c1-35-25-24(26(39)36(28(35)40)15-14-23(38)19-6-3-2-4-7-19)37(17-18-10-12-20(30)13-11-18)27(34-25)41-21-8-5-9-22(16-21)42-29(31,32)33/h2-13,16,23,38H,14-15,17H2,1H3. The number of ether oxygens (including phenoxy) is 2. The summed E-state index contributed by atoms with van der Waals surface area (Å²) in [6.45, 7) is -0.0293. The van der Waals surface area contributed by atoms with Gasteiger partial charge in [-0.2, -0.15) is 4.98 Å². The van der Waals surface area contributed by atoms with E-state index in [1.807, 2.05) is 6.07 Å². The van der Waals surface area contributed by atoms with Crippen molar-refractivity contribution < 1.29 is 27.8 Å². The van der Waals surface area contributed by atoms with Gasteiger partial charge in [-0.1, -0.05) is 60.1 Å². The van der Waals surface area contributed by atoms with E-state index in [9.17, 15) is 27.9 Å². The SMILES string of the molecule is Cn1c(=O)n(CCC(O)c2ccccc2)c(=O)c2c1nc(Oc1cccc(OC(F)(F)F)c1)n2Cc1ccc(Cl)cc1. The topological polar surface area (TPSA) is 101 Å². The van der Waals surface area contributed by atoms with E-state index in [0.717, 1.165) is 16.7 Å². The van der Waals surface area contributed by atoms with Gasteiger partial charge in [-0.15, -0.1) is 13.2 Å². The lowest BCUT2D eigenvalue weighted by Gasteiger charge is -2.14. The number of hydrogen-bond donors (Lipinski definition) is 1. The summed E-state index contributed by atoms with van der Waals surface area (Å²) in [5, 5.41) is 11.1. The predicted octanol–water partition coefficient (Wildman–Crippen LogP) is 5.41. The van der Waals surface area contributed by atoms with Crippen molar-refractivity contribution in [1.82, 2.24) is 18.7 Å². The first kappa shape index (κ1) is 29.0. The first-order chi connectivity index (χ1) is 20.0. The summed E-state index contributed by atoms with van der Waals surface area (Å²) in [4.78, 5) is 31.4. The van der Waals surface area contributed by atoms with E-state index < -0.39 is 29.5 Å². The third-order valence-corrected chi connectivity index (χ3v) is 6.76. The van der Waals surface area contributed by atoms with Gasteiger partial charge in [0.25, 0.3) is 5.56 Å². The molecule has 0 bridgehead atoms. The number of aliphatic hydroxyl groups is 1. The number of halogens is 4. The second-order valence-corrected chi connectivity index (χ2v) is 9.85. The maximum atomic E-state index is 13.8. The highest BCUT2D eigenvalue weighted by Crippen LogP contribution is 2.30. The fourth-order valence-corrected chi connectivity index (χ4v) is 4.61. The van der Waals surface area contributed by atoms with Crippen LogP contribution in [0.15, 0.2) is 88.5 Å². The van der Waals surface area contributed by atoms with Crippen LogP contribution in [0.1, 0.15) is 23.7 Å². The van der Waals surface area contributed by atoms with Crippen molar-refractivity contribution in [3.05, 3.63) is 116 Å². The lowest BCUT2D eigenvalue weighted by atomic mass is 10.1. The molecule has 2 aromatic heterocycles. The summed E-state index contributed by atoms with van der Waals surface area (Å²) in [5.41, 5.74) is 0.0611. The van der Waals surface area contributed by atoms with E-state index in [0.29, 0.717) is 16.1 Å². The highest BCUT2D eigenvalue weighted by atomic mass is 35.5. The molecule has 5 aromatic rings. The van der Waals surface area contributed by atoms with E-state index in [4.69, 9.17) is 16.3 Å². The van der Waals surface area contributed by atoms with Crippen molar-refractivity contribution in [3.63, 3.8) is 0 Å². The summed E-state index contributed by atoms with van der Waals surface area (Å²) >= 11 is 6.03. The molecule has 0 spiro atoms. The Morgan fingerprint density at radius 3 is 2.33 bits per heavy atom. The Kier molecular flexibility index (Phi) is 8.10. The highest BCUT2D eigenvalue weighted by molar-refractivity contribution is 6.30. The number of rotatable bonds is 9. The van der Waals surface area contributed by atoms with Crippen LogP contribution < -0.4 is 20.7 Å². The van der Waals surface area contributed by atoms with Crippen LogP contribution >= 0.6 is 11.6 Å². The Balaban J connectivity index is 1.59. The van der Waals surface area contributed by atoms with E-state index in [-0.39, 0.29) is 42.4 Å². The Morgan fingerprint density at radius 2 is 1.64 bits per heavy atom. The van der Waals surface area contributed by atoms with E-state index in [1.165, 1.54) is 28.3 Å². The number of aryl methyl sites for hydroxylation is 1. The number of nitrogens with zero attached hydrogens (tertiary/aromatic N) is 4. The number of imidazole rings is 1. The minimum Gasteiger partial charge on any atom is -0.425 e. The molecule has 1 atom stereocenters. The van der Waals surface area contributed by atoms with Gasteiger partial charge in [0, 0.05) is 24.7 Å². The molecule has 13 heteroatoms. The van der Waals surface area contributed by atoms with Gasteiger partial charge < -0.3 is 14.6 Å². The van der Waals surface area contributed by atoms with Gasteiger partial charge in [0.05, 0.1) is 12.6 Å².